The lowest BCUT2D eigenvalue weighted by atomic mass is 10.1. The van der Waals surface area contributed by atoms with Gasteiger partial charge >= 0.3 is 0 Å². The number of para-hydroxylation sites is 2. The Labute approximate surface area is 124 Å². The summed E-state index contributed by atoms with van der Waals surface area (Å²) in [4.78, 5) is 4.90. The highest BCUT2D eigenvalue weighted by molar-refractivity contribution is 5.78. The summed E-state index contributed by atoms with van der Waals surface area (Å²) in [5, 5.41) is 0. The van der Waals surface area contributed by atoms with Crippen LogP contribution in [0.5, 0.6) is 5.75 Å². The van der Waals surface area contributed by atoms with Crippen molar-refractivity contribution >= 4 is 11.0 Å². The van der Waals surface area contributed by atoms with E-state index in [0.717, 1.165) is 17.0 Å². The Bertz CT molecular complexity index is 798. The van der Waals surface area contributed by atoms with Crippen molar-refractivity contribution in [1.29, 1.82) is 0 Å². The monoisotopic (exact) mass is 278 g/mol. The minimum absolute atomic E-state index is 0.221. The van der Waals surface area contributed by atoms with Crippen LogP contribution >= 0.6 is 0 Å². The summed E-state index contributed by atoms with van der Waals surface area (Å²) in [7, 11) is 1.69. The van der Waals surface area contributed by atoms with Crippen LogP contribution in [0.25, 0.3) is 16.7 Å². The zero-order chi connectivity index (χ0) is 14.4. The average molecular weight is 278 g/mol. The van der Waals surface area contributed by atoms with E-state index in [0.29, 0.717) is 0 Å². The number of aromatic nitrogens is 2. The molecule has 0 spiro atoms. The minimum atomic E-state index is 0.221. The second kappa shape index (κ2) is 4.35. The van der Waals surface area contributed by atoms with Gasteiger partial charge in [0.2, 0.25) is 0 Å². The van der Waals surface area contributed by atoms with Crippen LogP contribution in [-0.2, 0) is 5.41 Å². The van der Waals surface area contributed by atoms with E-state index in [1.54, 1.807) is 7.11 Å². The van der Waals surface area contributed by atoms with Crippen LogP contribution in [0.3, 0.4) is 0 Å². The molecule has 3 nitrogen and oxygen atoms in total. The molecule has 0 unspecified atom stereocenters. The highest BCUT2D eigenvalue weighted by atomic mass is 16.5. The van der Waals surface area contributed by atoms with E-state index < -0.39 is 0 Å². The zero-order valence-electron chi connectivity index (χ0n) is 12.3. The molecule has 0 aliphatic heterocycles. The second-order valence-corrected chi connectivity index (χ2v) is 6.02. The van der Waals surface area contributed by atoms with Crippen LogP contribution in [0, 0.1) is 0 Å². The fourth-order valence-corrected chi connectivity index (χ4v) is 2.83. The summed E-state index contributed by atoms with van der Waals surface area (Å²) in [6.07, 6.45) is 2.43. The van der Waals surface area contributed by atoms with Gasteiger partial charge in [-0.3, -0.25) is 4.57 Å². The van der Waals surface area contributed by atoms with Crippen LogP contribution in [0.15, 0.2) is 48.5 Å². The van der Waals surface area contributed by atoms with Gasteiger partial charge in [-0.05, 0) is 49.2 Å². The molecule has 0 N–H and O–H groups in total. The smallest absolute Gasteiger partial charge is 0.120 e. The van der Waals surface area contributed by atoms with Gasteiger partial charge in [-0.25, -0.2) is 4.98 Å². The van der Waals surface area contributed by atoms with Crippen molar-refractivity contribution in [3.8, 4) is 11.4 Å². The highest BCUT2D eigenvalue weighted by Crippen LogP contribution is 2.48. The summed E-state index contributed by atoms with van der Waals surface area (Å²) in [6.45, 7) is 2.30. The minimum Gasteiger partial charge on any atom is -0.497 e. The fraction of sp³-hybridized carbons (Fsp3) is 0.278. The quantitative estimate of drug-likeness (QED) is 0.721. The lowest BCUT2D eigenvalue weighted by Gasteiger charge is -2.14. The predicted molar refractivity (Wildman–Crippen MR) is 84.2 cm³/mol. The summed E-state index contributed by atoms with van der Waals surface area (Å²) in [5.41, 5.74) is 3.61. The van der Waals surface area contributed by atoms with Crippen molar-refractivity contribution in [2.75, 3.05) is 7.11 Å². The van der Waals surface area contributed by atoms with Crippen molar-refractivity contribution in [1.82, 2.24) is 9.55 Å². The van der Waals surface area contributed by atoms with Crippen LogP contribution in [0.1, 0.15) is 25.6 Å². The maximum Gasteiger partial charge on any atom is 0.120 e. The normalized spacial score (nSPS) is 16.1. The molecule has 3 heteroatoms. The number of benzene rings is 2. The summed E-state index contributed by atoms with van der Waals surface area (Å²) in [6, 6.07) is 16.6. The molecule has 0 amide bonds. The van der Waals surface area contributed by atoms with Crippen molar-refractivity contribution in [2.45, 2.75) is 25.2 Å². The molecule has 0 bridgehead atoms. The van der Waals surface area contributed by atoms with Gasteiger partial charge in [0, 0.05) is 11.1 Å². The van der Waals surface area contributed by atoms with Crippen LogP contribution in [-0.4, -0.2) is 16.7 Å². The van der Waals surface area contributed by atoms with E-state index in [4.69, 9.17) is 9.72 Å². The first-order valence-electron chi connectivity index (χ1n) is 7.34. The Kier molecular flexibility index (Phi) is 2.58. The maximum absolute atomic E-state index is 5.26. The number of rotatable bonds is 3. The second-order valence-electron chi connectivity index (χ2n) is 6.02. The standard InChI is InChI=1S/C18H18N2O/c1-18(11-12-18)17-19-15-5-3-4-6-16(15)20(17)13-7-9-14(21-2)10-8-13/h3-10H,11-12H2,1-2H3. The van der Waals surface area contributed by atoms with E-state index in [2.05, 4.69) is 41.8 Å². The molecule has 2 aromatic carbocycles. The molecule has 1 fully saturated rings. The lowest BCUT2D eigenvalue weighted by Crippen LogP contribution is -2.10. The van der Waals surface area contributed by atoms with E-state index in [-0.39, 0.29) is 5.41 Å². The van der Waals surface area contributed by atoms with Crippen LogP contribution in [0.4, 0.5) is 0 Å². The first kappa shape index (κ1) is 12.5. The first-order chi connectivity index (χ1) is 10.2. The number of imidazole rings is 1. The third-order valence-electron chi connectivity index (χ3n) is 4.43. The molecule has 1 saturated carbocycles. The Morgan fingerprint density at radius 3 is 2.43 bits per heavy atom. The number of fused-ring (bicyclic) bond motifs is 1. The summed E-state index contributed by atoms with van der Waals surface area (Å²) >= 11 is 0. The van der Waals surface area contributed by atoms with Gasteiger partial charge in [0.1, 0.15) is 11.6 Å². The number of ether oxygens (including phenoxy) is 1. The molecule has 0 saturated heterocycles. The third-order valence-corrected chi connectivity index (χ3v) is 4.43. The molecular weight excluding hydrogens is 260 g/mol. The molecule has 21 heavy (non-hydrogen) atoms. The first-order valence-corrected chi connectivity index (χ1v) is 7.34. The zero-order valence-corrected chi connectivity index (χ0v) is 12.3. The maximum atomic E-state index is 5.26. The van der Waals surface area contributed by atoms with E-state index >= 15 is 0 Å². The van der Waals surface area contributed by atoms with Gasteiger partial charge in [-0.1, -0.05) is 19.1 Å². The molecule has 4 rings (SSSR count). The van der Waals surface area contributed by atoms with Gasteiger partial charge in [0.25, 0.3) is 0 Å². The highest BCUT2D eigenvalue weighted by Gasteiger charge is 2.43. The van der Waals surface area contributed by atoms with E-state index in [9.17, 15) is 0 Å². The van der Waals surface area contributed by atoms with Gasteiger partial charge in [0.05, 0.1) is 18.1 Å². The summed E-state index contributed by atoms with van der Waals surface area (Å²) in [5.74, 6) is 2.05. The molecule has 0 atom stereocenters. The van der Waals surface area contributed by atoms with Gasteiger partial charge in [-0.2, -0.15) is 0 Å². The van der Waals surface area contributed by atoms with E-state index in [1.165, 1.54) is 24.2 Å². The number of hydrogen-bond donors (Lipinski definition) is 0. The third kappa shape index (κ3) is 1.92. The van der Waals surface area contributed by atoms with Crippen molar-refractivity contribution < 1.29 is 4.74 Å². The summed E-state index contributed by atoms with van der Waals surface area (Å²) < 4.78 is 7.55. The Morgan fingerprint density at radius 1 is 1.05 bits per heavy atom. The average Bonchev–Trinajstić information content (AvgIpc) is 3.15. The van der Waals surface area contributed by atoms with Gasteiger partial charge in [0.15, 0.2) is 0 Å². The molecule has 1 heterocycles. The molecule has 0 radical (unpaired) electrons. The fourth-order valence-electron chi connectivity index (χ4n) is 2.83. The van der Waals surface area contributed by atoms with Gasteiger partial charge < -0.3 is 4.74 Å². The Hall–Kier alpha value is -2.29. The largest absolute Gasteiger partial charge is 0.497 e. The van der Waals surface area contributed by atoms with Crippen molar-refractivity contribution in [3.05, 3.63) is 54.4 Å². The number of nitrogens with zero attached hydrogens (tertiary/aromatic N) is 2. The molecule has 1 aliphatic rings. The predicted octanol–water partition coefficient (Wildman–Crippen LogP) is 4.09. The molecule has 106 valence electrons. The Balaban J connectivity index is 1.96. The topological polar surface area (TPSA) is 27.1 Å². The Morgan fingerprint density at radius 2 is 1.76 bits per heavy atom. The lowest BCUT2D eigenvalue weighted by molar-refractivity contribution is 0.414. The van der Waals surface area contributed by atoms with Crippen LogP contribution < -0.4 is 4.74 Å². The van der Waals surface area contributed by atoms with Gasteiger partial charge in [-0.15, -0.1) is 0 Å². The van der Waals surface area contributed by atoms with Crippen molar-refractivity contribution in [3.63, 3.8) is 0 Å². The SMILES string of the molecule is COc1ccc(-n2c(C3(C)CC3)nc3ccccc32)cc1. The molecule has 1 aromatic heterocycles. The molecular formula is C18H18N2O. The van der Waals surface area contributed by atoms with Crippen molar-refractivity contribution in [2.24, 2.45) is 0 Å². The molecule has 3 aromatic rings. The van der Waals surface area contributed by atoms with Crippen LogP contribution in [0.2, 0.25) is 0 Å². The van der Waals surface area contributed by atoms with E-state index in [1.807, 2.05) is 18.2 Å². The molecule has 1 aliphatic carbocycles. The number of hydrogen-bond acceptors (Lipinski definition) is 2. The number of methoxy groups -OCH3 is 1.